The minimum atomic E-state index is -0.203. The van der Waals surface area contributed by atoms with Crippen LogP contribution in [0.25, 0.3) is 65.9 Å². The first-order chi connectivity index (χ1) is 25.1. The van der Waals surface area contributed by atoms with Gasteiger partial charge in [0.05, 0.1) is 11.0 Å². The van der Waals surface area contributed by atoms with Crippen LogP contribution in [-0.2, 0) is 5.41 Å². The topological polar surface area (TPSA) is 13.1 Å². The number of fused-ring (bicyclic) bond motifs is 12. The maximum Gasteiger partial charge on any atom is 0.333 e. The van der Waals surface area contributed by atoms with Crippen LogP contribution in [0.15, 0.2) is 163 Å². The SMILES string of the molecule is CC1(C)C2=C(B3c4c(cccc4N2c2ccccc2)-c2cccc4c5c6c7ccccc7n(-c7ccccc7)c6ccc5n3c24)c2ccccc21. The van der Waals surface area contributed by atoms with Crippen LogP contribution >= 0.6 is 0 Å². The zero-order chi connectivity index (χ0) is 33.6. The molecule has 0 unspecified atom stereocenters. The third kappa shape index (κ3) is 3.27. The highest BCUT2D eigenvalue weighted by atomic mass is 15.2. The molecule has 2 aliphatic heterocycles. The van der Waals surface area contributed by atoms with Gasteiger partial charge in [-0.05, 0) is 76.2 Å². The third-order valence-corrected chi connectivity index (χ3v) is 12.0. The lowest BCUT2D eigenvalue weighted by Gasteiger charge is -2.43. The molecule has 0 fully saturated rings. The van der Waals surface area contributed by atoms with Gasteiger partial charge in [-0.1, -0.05) is 123 Å². The van der Waals surface area contributed by atoms with E-state index in [9.17, 15) is 0 Å². The lowest BCUT2D eigenvalue weighted by atomic mass is 9.43. The fraction of sp³-hybridized carbons (Fsp3) is 0.0638. The molecular weight excluding hydrogens is 617 g/mol. The summed E-state index contributed by atoms with van der Waals surface area (Å²) in [6.07, 6.45) is 0. The van der Waals surface area contributed by atoms with Crippen LogP contribution in [-0.4, -0.2) is 15.9 Å². The predicted octanol–water partition coefficient (Wildman–Crippen LogP) is 11.0. The fourth-order valence-corrected chi connectivity index (χ4v) is 10.2. The molecule has 4 heteroatoms. The quantitative estimate of drug-likeness (QED) is 0.170. The fourth-order valence-electron chi connectivity index (χ4n) is 10.2. The van der Waals surface area contributed by atoms with Crippen molar-refractivity contribution in [3.8, 4) is 16.8 Å². The van der Waals surface area contributed by atoms with Crippen LogP contribution in [0.2, 0.25) is 0 Å². The van der Waals surface area contributed by atoms with Crippen LogP contribution in [0.1, 0.15) is 25.0 Å². The Morgan fingerprint density at radius 3 is 1.96 bits per heavy atom. The van der Waals surface area contributed by atoms with E-state index in [1.54, 1.807) is 0 Å². The van der Waals surface area contributed by atoms with Gasteiger partial charge in [-0.2, -0.15) is 0 Å². The first-order valence-electron chi connectivity index (χ1n) is 18.0. The molecule has 0 bridgehead atoms. The van der Waals surface area contributed by atoms with Crippen molar-refractivity contribution in [2.45, 2.75) is 19.3 Å². The average molecular weight is 650 g/mol. The number of para-hydroxylation sites is 4. The number of hydrogen-bond donors (Lipinski definition) is 0. The molecule has 0 saturated heterocycles. The van der Waals surface area contributed by atoms with E-state index < -0.39 is 0 Å². The lowest BCUT2D eigenvalue weighted by Crippen LogP contribution is -2.50. The normalized spacial score (nSPS) is 15.3. The summed E-state index contributed by atoms with van der Waals surface area (Å²) in [5.41, 5.74) is 18.1. The highest BCUT2D eigenvalue weighted by molar-refractivity contribution is 6.93. The monoisotopic (exact) mass is 649 g/mol. The van der Waals surface area contributed by atoms with Crippen molar-refractivity contribution in [3.63, 3.8) is 0 Å². The molecule has 2 aromatic heterocycles. The second-order valence-electron chi connectivity index (χ2n) is 14.9. The zero-order valence-electron chi connectivity index (χ0n) is 28.4. The number of aromatic nitrogens is 2. The Balaban J connectivity index is 1.28. The summed E-state index contributed by atoms with van der Waals surface area (Å²) >= 11 is 0. The molecule has 0 amide bonds. The number of hydrogen-bond acceptors (Lipinski definition) is 1. The molecule has 0 atom stereocenters. The number of rotatable bonds is 2. The van der Waals surface area contributed by atoms with E-state index in [4.69, 9.17) is 0 Å². The van der Waals surface area contributed by atoms with E-state index in [0.29, 0.717) is 0 Å². The lowest BCUT2D eigenvalue weighted by molar-refractivity contribution is 0.625. The molecule has 0 radical (unpaired) electrons. The highest BCUT2D eigenvalue weighted by Crippen LogP contribution is 2.56. The molecule has 51 heavy (non-hydrogen) atoms. The predicted molar refractivity (Wildman–Crippen MR) is 215 cm³/mol. The van der Waals surface area contributed by atoms with Crippen molar-refractivity contribution in [3.05, 3.63) is 175 Å². The summed E-state index contributed by atoms with van der Waals surface area (Å²) in [7, 11) is 0. The summed E-state index contributed by atoms with van der Waals surface area (Å²) in [6.45, 7) is 4.85. The van der Waals surface area contributed by atoms with Gasteiger partial charge >= 0.3 is 6.85 Å². The molecule has 9 aromatic rings. The Labute approximate surface area is 296 Å². The van der Waals surface area contributed by atoms with Crippen LogP contribution in [0.4, 0.5) is 11.4 Å². The van der Waals surface area contributed by atoms with Gasteiger partial charge in [0.2, 0.25) is 0 Å². The van der Waals surface area contributed by atoms with Gasteiger partial charge in [0, 0.05) is 66.3 Å². The molecule has 3 nitrogen and oxygen atoms in total. The average Bonchev–Trinajstić information content (AvgIpc) is 3.78. The summed E-state index contributed by atoms with van der Waals surface area (Å²) in [5, 5.41) is 5.26. The van der Waals surface area contributed by atoms with Crippen LogP contribution < -0.4 is 10.4 Å². The van der Waals surface area contributed by atoms with Crippen LogP contribution in [0.5, 0.6) is 0 Å². The van der Waals surface area contributed by atoms with E-state index in [0.717, 1.165) is 0 Å². The largest absolute Gasteiger partial charge is 0.375 e. The number of nitrogens with zero attached hydrogens (tertiary/aromatic N) is 3. The maximum atomic E-state index is 2.72. The van der Waals surface area contributed by atoms with E-state index in [-0.39, 0.29) is 12.3 Å². The van der Waals surface area contributed by atoms with Gasteiger partial charge in [-0.25, -0.2) is 0 Å². The van der Waals surface area contributed by atoms with Gasteiger partial charge in [-0.3, -0.25) is 0 Å². The van der Waals surface area contributed by atoms with Crippen molar-refractivity contribution < 1.29 is 0 Å². The van der Waals surface area contributed by atoms with Gasteiger partial charge in [0.15, 0.2) is 0 Å². The Kier molecular flexibility index (Phi) is 5.13. The van der Waals surface area contributed by atoms with Gasteiger partial charge in [0.25, 0.3) is 0 Å². The summed E-state index contributed by atoms with van der Waals surface area (Å²) in [6, 6.07) is 58.6. The molecule has 12 rings (SSSR count). The molecule has 0 spiro atoms. The number of anilines is 2. The van der Waals surface area contributed by atoms with Gasteiger partial charge in [0.1, 0.15) is 0 Å². The van der Waals surface area contributed by atoms with Gasteiger partial charge < -0.3 is 13.9 Å². The molecule has 4 heterocycles. The molecule has 0 saturated carbocycles. The van der Waals surface area contributed by atoms with E-state index >= 15 is 0 Å². The second-order valence-corrected chi connectivity index (χ2v) is 14.9. The molecule has 0 N–H and O–H groups in total. The van der Waals surface area contributed by atoms with Crippen molar-refractivity contribution in [1.29, 1.82) is 0 Å². The third-order valence-electron chi connectivity index (χ3n) is 12.0. The minimum Gasteiger partial charge on any atom is -0.375 e. The first kappa shape index (κ1) is 27.6. The summed E-state index contributed by atoms with van der Waals surface area (Å²) in [4.78, 5) is 2.58. The Bertz CT molecular complexity index is 3000. The standard InChI is InChI=1S/C47H32BN3/c1-47(2)36-24-11-9-19-33(36)44-46(47)50(30-17-7-4-8-18-30)40-26-14-21-31-32-22-13-23-35-42-39(51(45(32)35)48(44)43(31)40)28-27-38-41(42)34-20-10-12-25-37(34)49(38)29-15-5-3-6-16-29/h3-28H,1-2H3. The first-order valence-corrected chi connectivity index (χ1v) is 18.0. The van der Waals surface area contributed by atoms with Crippen LogP contribution in [0.3, 0.4) is 0 Å². The van der Waals surface area contributed by atoms with Gasteiger partial charge in [-0.15, -0.1) is 0 Å². The Morgan fingerprint density at radius 2 is 1.12 bits per heavy atom. The van der Waals surface area contributed by atoms with Crippen molar-refractivity contribution in [2.75, 3.05) is 4.90 Å². The molecule has 3 aliphatic rings. The number of benzene rings is 7. The van der Waals surface area contributed by atoms with E-state index in [2.05, 4.69) is 186 Å². The summed E-state index contributed by atoms with van der Waals surface area (Å²) in [5.74, 6) is 0. The second kappa shape index (κ2) is 9.50. The Hall–Kier alpha value is -6.26. The smallest absolute Gasteiger partial charge is 0.333 e. The Morgan fingerprint density at radius 1 is 0.490 bits per heavy atom. The molecule has 1 aliphatic carbocycles. The molecular formula is C47H32BN3. The highest BCUT2D eigenvalue weighted by Gasteiger charge is 2.52. The van der Waals surface area contributed by atoms with E-state index in [1.807, 2.05) is 0 Å². The van der Waals surface area contributed by atoms with Crippen molar-refractivity contribution in [1.82, 2.24) is 9.05 Å². The molecule has 7 aromatic carbocycles. The maximum absolute atomic E-state index is 2.72. The number of allylic oxidation sites excluding steroid dienone is 1. The molecule has 238 valence electrons. The minimum absolute atomic E-state index is 0.0175. The van der Waals surface area contributed by atoms with E-state index in [1.165, 1.54) is 99.6 Å². The summed E-state index contributed by atoms with van der Waals surface area (Å²) < 4.78 is 5.16. The van der Waals surface area contributed by atoms with Crippen molar-refractivity contribution >= 4 is 72.8 Å². The van der Waals surface area contributed by atoms with Crippen LogP contribution in [0, 0.1) is 0 Å². The zero-order valence-corrected chi connectivity index (χ0v) is 28.4. The van der Waals surface area contributed by atoms with Crippen molar-refractivity contribution in [2.24, 2.45) is 0 Å².